The number of benzene rings is 1. The van der Waals surface area contributed by atoms with Crippen LogP contribution in [0.2, 0.25) is 0 Å². The number of likely N-dealkylation sites (N-methyl/N-ethyl adjacent to an activating group) is 1. The number of rotatable bonds is 3. The lowest BCUT2D eigenvalue weighted by molar-refractivity contribution is -0.148. The fourth-order valence-electron chi connectivity index (χ4n) is 3.49. The molecule has 2 bridgehead atoms. The average molecular weight is 329 g/mol. The van der Waals surface area contributed by atoms with Crippen molar-refractivity contribution in [3.63, 3.8) is 0 Å². The number of hydrogen-bond acceptors (Lipinski definition) is 3. The first-order valence-electron chi connectivity index (χ1n) is 8.32. The van der Waals surface area contributed by atoms with Crippen LogP contribution in [0.5, 0.6) is 0 Å². The summed E-state index contributed by atoms with van der Waals surface area (Å²) in [6, 6.07) is 8.61. The summed E-state index contributed by atoms with van der Waals surface area (Å²) in [4.78, 5) is 42.3. The Hall–Kier alpha value is -2.37. The Kier molecular flexibility index (Phi) is 4.55. The molecule has 0 radical (unpaired) electrons. The second-order valence-electron chi connectivity index (χ2n) is 6.78. The largest absolute Gasteiger partial charge is 0.347 e. The summed E-state index contributed by atoms with van der Waals surface area (Å²) in [6.07, 6.45) is 1.57. The normalized spacial score (nSPS) is 23.2. The molecule has 6 nitrogen and oxygen atoms in total. The summed E-state index contributed by atoms with van der Waals surface area (Å²) in [5.41, 5.74) is 0.602. The first-order chi connectivity index (χ1) is 11.5. The van der Waals surface area contributed by atoms with Gasteiger partial charge < -0.3 is 14.7 Å². The van der Waals surface area contributed by atoms with Crippen LogP contribution in [-0.4, -0.2) is 72.2 Å². The molecular formula is C18H23N3O3. The van der Waals surface area contributed by atoms with E-state index in [1.54, 1.807) is 36.0 Å². The van der Waals surface area contributed by atoms with Crippen molar-refractivity contribution >= 4 is 17.7 Å². The number of carbonyl (C=O) groups is 3. The molecule has 2 heterocycles. The molecule has 2 aliphatic heterocycles. The van der Waals surface area contributed by atoms with Gasteiger partial charge in [0.05, 0.1) is 6.54 Å². The average Bonchev–Trinajstić information content (AvgIpc) is 2.59. The van der Waals surface area contributed by atoms with Crippen LogP contribution in [0.4, 0.5) is 0 Å². The van der Waals surface area contributed by atoms with Crippen molar-refractivity contribution in [2.45, 2.75) is 18.9 Å². The predicted molar refractivity (Wildman–Crippen MR) is 89.3 cm³/mol. The maximum absolute atomic E-state index is 12.8. The molecule has 3 rings (SSSR count). The number of fused-ring (bicyclic) bond motifs is 2. The fraction of sp³-hybridized carbons (Fsp3) is 0.500. The van der Waals surface area contributed by atoms with E-state index in [-0.39, 0.29) is 24.3 Å². The van der Waals surface area contributed by atoms with Gasteiger partial charge in [-0.05, 0) is 30.9 Å². The first-order valence-corrected chi connectivity index (χ1v) is 8.32. The van der Waals surface area contributed by atoms with E-state index in [0.29, 0.717) is 31.0 Å². The smallest absolute Gasteiger partial charge is 0.254 e. The third kappa shape index (κ3) is 3.13. The van der Waals surface area contributed by atoms with Gasteiger partial charge in [-0.15, -0.1) is 0 Å². The van der Waals surface area contributed by atoms with Crippen LogP contribution in [-0.2, 0) is 9.59 Å². The van der Waals surface area contributed by atoms with Crippen LogP contribution in [0, 0.1) is 5.92 Å². The molecule has 2 atom stereocenters. The molecule has 2 aliphatic rings. The molecule has 6 heteroatoms. The van der Waals surface area contributed by atoms with E-state index in [2.05, 4.69) is 0 Å². The highest BCUT2D eigenvalue weighted by Gasteiger charge is 2.43. The highest BCUT2D eigenvalue weighted by Crippen LogP contribution is 2.31. The van der Waals surface area contributed by atoms with Crippen LogP contribution in [0.25, 0.3) is 0 Å². The van der Waals surface area contributed by atoms with Gasteiger partial charge in [0.15, 0.2) is 0 Å². The van der Waals surface area contributed by atoms with Crippen LogP contribution in [0.15, 0.2) is 30.3 Å². The SMILES string of the molecule is CN(C)C(=O)CN1C[C@H]2CCN(C(=O)c3ccccc3)[C@H](C2)C1=O. The lowest BCUT2D eigenvalue weighted by atomic mass is 9.85. The molecule has 0 aliphatic carbocycles. The molecule has 2 fully saturated rings. The van der Waals surface area contributed by atoms with Crippen molar-refractivity contribution in [2.75, 3.05) is 33.7 Å². The molecule has 0 saturated carbocycles. The molecule has 1 aromatic rings. The number of likely N-dealkylation sites (tertiary alicyclic amines) is 2. The van der Waals surface area contributed by atoms with E-state index < -0.39 is 6.04 Å². The maximum atomic E-state index is 12.8. The quantitative estimate of drug-likeness (QED) is 0.825. The van der Waals surface area contributed by atoms with Gasteiger partial charge in [-0.25, -0.2) is 0 Å². The van der Waals surface area contributed by atoms with E-state index in [4.69, 9.17) is 0 Å². The zero-order valence-electron chi connectivity index (χ0n) is 14.1. The third-order valence-electron chi connectivity index (χ3n) is 4.89. The number of nitrogens with zero attached hydrogens (tertiary/aromatic N) is 3. The molecule has 1 aromatic carbocycles. The van der Waals surface area contributed by atoms with Gasteiger partial charge in [0.1, 0.15) is 6.04 Å². The van der Waals surface area contributed by atoms with Crippen LogP contribution in [0.1, 0.15) is 23.2 Å². The van der Waals surface area contributed by atoms with Gasteiger partial charge in [0.2, 0.25) is 11.8 Å². The standard InChI is InChI=1S/C18H23N3O3/c1-19(2)16(22)12-20-11-13-8-9-21(15(10-13)18(20)24)17(23)14-6-4-3-5-7-14/h3-7,13,15H,8-12H2,1-2H3/t13-,15+/m0/s1. The minimum Gasteiger partial charge on any atom is -0.347 e. The van der Waals surface area contributed by atoms with Gasteiger partial charge in [0.25, 0.3) is 5.91 Å². The Morgan fingerprint density at radius 1 is 1.21 bits per heavy atom. The molecule has 128 valence electrons. The third-order valence-corrected chi connectivity index (χ3v) is 4.89. The Labute approximate surface area is 142 Å². The summed E-state index contributed by atoms with van der Waals surface area (Å²) in [6.45, 7) is 1.30. The van der Waals surface area contributed by atoms with Crippen LogP contribution < -0.4 is 0 Å². The minimum absolute atomic E-state index is 0.0895. The molecular weight excluding hydrogens is 306 g/mol. The zero-order valence-corrected chi connectivity index (χ0v) is 14.1. The summed E-state index contributed by atoms with van der Waals surface area (Å²) in [7, 11) is 3.37. The molecule has 24 heavy (non-hydrogen) atoms. The number of amides is 3. The monoisotopic (exact) mass is 329 g/mol. The van der Waals surface area contributed by atoms with E-state index in [9.17, 15) is 14.4 Å². The van der Waals surface area contributed by atoms with Gasteiger partial charge >= 0.3 is 0 Å². The van der Waals surface area contributed by atoms with Crippen molar-refractivity contribution in [3.05, 3.63) is 35.9 Å². The van der Waals surface area contributed by atoms with E-state index in [0.717, 1.165) is 6.42 Å². The van der Waals surface area contributed by atoms with Gasteiger partial charge in [-0.3, -0.25) is 14.4 Å². The zero-order chi connectivity index (χ0) is 17.3. The first kappa shape index (κ1) is 16.5. The topological polar surface area (TPSA) is 60.9 Å². The number of hydrogen-bond donors (Lipinski definition) is 0. The summed E-state index contributed by atoms with van der Waals surface area (Å²) in [5.74, 6) is 0.0605. The van der Waals surface area contributed by atoms with Crippen molar-refractivity contribution in [1.29, 1.82) is 0 Å². The molecule has 0 unspecified atom stereocenters. The van der Waals surface area contributed by atoms with Gasteiger partial charge in [-0.1, -0.05) is 18.2 Å². The van der Waals surface area contributed by atoms with Crippen molar-refractivity contribution in [3.8, 4) is 0 Å². The Morgan fingerprint density at radius 3 is 2.58 bits per heavy atom. The van der Waals surface area contributed by atoms with E-state index in [1.165, 1.54) is 4.90 Å². The van der Waals surface area contributed by atoms with E-state index >= 15 is 0 Å². The molecule has 3 amide bonds. The van der Waals surface area contributed by atoms with Crippen molar-refractivity contribution < 1.29 is 14.4 Å². The Morgan fingerprint density at radius 2 is 1.92 bits per heavy atom. The lowest BCUT2D eigenvalue weighted by Gasteiger charge is -2.46. The van der Waals surface area contributed by atoms with Crippen molar-refractivity contribution in [2.24, 2.45) is 5.92 Å². The molecule has 0 spiro atoms. The highest BCUT2D eigenvalue weighted by molar-refractivity contribution is 5.98. The molecule has 2 saturated heterocycles. The van der Waals surface area contributed by atoms with Gasteiger partial charge in [0, 0.05) is 32.7 Å². The second kappa shape index (κ2) is 6.63. The van der Waals surface area contributed by atoms with Gasteiger partial charge in [-0.2, -0.15) is 0 Å². The van der Waals surface area contributed by atoms with Crippen LogP contribution in [0.3, 0.4) is 0 Å². The predicted octanol–water partition coefficient (Wildman–Crippen LogP) is 0.838. The summed E-state index contributed by atoms with van der Waals surface area (Å²) in [5, 5.41) is 0. The summed E-state index contributed by atoms with van der Waals surface area (Å²) >= 11 is 0. The minimum atomic E-state index is -0.444. The number of carbonyl (C=O) groups excluding carboxylic acids is 3. The summed E-state index contributed by atoms with van der Waals surface area (Å²) < 4.78 is 0. The van der Waals surface area contributed by atoms with E-state index in [1.807, 2.05) is 18.2 Å². The maximum Gasteiger partial charge on any atom is 0.254 e. The Bertz CT molecular complexity index is 644. The fourth-order valence-corrected chi connectivity index (χ4v) is 3.49. The Balaban J connectivity index is 1.77. The van der Waals surface area contributed by atoms with Crippen LogP contribution >= 0.6 is 0 Å². The lowest BCUT2D eigenvalue weighted by Crippen LogP contribution is -2.61. The highest BCUT2D eigenvalue weighted by atomic mass is 16.2. The van der Waals surface area contributed by atoms with Crippen molar-refractivity contribution in [1.82, 2.24) is 14.7 Å². The molecule has 0 aromatic heterocycles. The number of piperidine rings is 2. The molecule has 0 N–H and O–H groups in total. The second-order valence-corrected chi connectivity index (χ2v) is 6.78.